The van der Waals surface area contributed by atoms with E-state index in [1.807, 2.05) is 10.9 Å². The molecule has 1 aliphatic carbocycles. The zero-order valence-corrected chi connectivity index (χ0v) is 12.1. The summed E-state index contributed by atoms with van der Waals surface area (Å²) in [6.45, 7) is 5.99. The standard InChI is InChI=1S/C14H22F2N4/c1-10(2)13-9-20(18-17-13)11-3-5-19(6-4-11)12-7-14(15,16)8-12/h9-12H,3-8H2,1-2H3. The summed E-state index contributed by atoms with van der Waals surface area (Å²) in [5, 5.41) is 8.41. The first-order valence-corrected chi connectivity index (χ1v) is 7.48. The van der Waals surface area contributed by atoms with Crippen molar-refractivity contribution in [2.24, 2.45) is 0 Å². The van der Waals surface area contributed by atoms with Gasteiger partial charge in [-0.05, 0) is 18.8 Å². The second kappa shape index (κ2) is 5.06. The van der Waals surface area contributed by atoms with Crippen LogP contribution in [0.2, 0.25) is 0 Å². The lowest BCUT2D eigenvalue weighted by atomic mass is 9.85. The van der Waals surface area contributed by atoms with Gasteiger partial charge in [0.25, 0.3) is 5.92 Å². The van der Waals surface area contributed by atoms with Gasteiger partial charge in [-0.3, -0.25) is 4.90 Å². The van der Waals surface area contributed by atoms with Gasteiger partial charge < -0.3 is 0 Å². The highest BCUT2D eigenvalue weighted by Crippen LogP contribution is 2.41. The van der Waals surface area contributed by atoms with Crippen LogP contribution in [0.25, 0.3) is 0 Å². The number of nitrogens with zero attached hydrogens (tertiary/aromatic N) is 4. The van der Waals surface area contributed by atoms with Crippen molar-refractivity contribution in [3.05, 3.63) is 11.9 Å². The fraction of sp³-hybridized carbons (Fsp3) is 0.857. The fourth-order valence-electron chi connectivity index (χ4n) is 3.14. The van der Waals surface area contributed by atoms with Crippen LogP contribution in [0.5, 0.6) is 0 Å². The van der Waals surface area contributed by atoms with Gasteiger partial charge in [-0.2, -0.15) is 0 Å². The number of likely N-dealkylation sites (tertiary alicyclic amines) is 1. The molecule has 1 aromatic heterocycles. The molecule has 1 aromatic rings. The van der Waals surface area contributed by atoms with Crippen molar-refractivity contribution < 1.29 is 8.78 Å². The van der Waals surface area contributed by atoms with Crippen molar-refractivity contribution in [3.8, 4) is 0 Å². The van der Waals surface area contributed by atoms with E-state index in [0.29, 0.717) is 12.0 Å². The van der Waals surface area contributed by atoms with Gasteiger partial charge in [-0.1, -0.05) is 19.1 Å². The van der Waals surface area contributed by atoms with E-state index >= 15 is 0 Å². The van der Waals surface area contributed by atoms with Crippen molar-refractivity contribution in [2.45, 2.75) is 63.5 Å². The first kappa shape index (κ1) is 13.9. The molecule has 1 aliphatic heterocycles. The molecule has 4 nitrogen and oxygen atoms in total. The van der Waals surface area contributed by atoms with Gasteiger partial charge in [0.15, 0.2) is 0 Å². The molecule has 2 aliphatic rings. The molecule has 1 saturated carbocycles. The molecular formula is C14H22F2N4. The summed E-state index contributed by atoms with van der Waals surface area (Å²) in [5.74, 6) is -2.03. The Labute approximate surface area is 118 Å². The molecule has 0 bridgehead atoms. The summed E-state index contributed by atoms with van der Waals surface area (Å²) < 4.78 is 27.8. The Morgan fingerprint density at radius 1 is 1.20 bits per heavy atom. The first-order valence-electron chi connectivity index (χ1n) is 7.48. The van der Waals surface area contributed by atoms with Gasteiger partial charge in [0, 0.05) is 38.2 Å². The maximum absolute atomic E-state index is 12.9. The maximum Gasteiger partial charge on any atom is 0.251 e. The lowest BCUT2D eigenvalue weighted by Crippen LogP contribution is -2.53. The number of hydrogen-bond donors (Lipinski definition) is 0. The SMILES string of the molecule is CC(C)c1cn(C2CCN(C3CC(F)(F)C3)CC2)nn1. The molecule has 6 heteroatoms. The second-order valence-corrected chi connectivity index (χ2v) is 6.46. The lowest BCUT2D eigenvalue weighted by Gasteiger charge is -2.45. The van der Waals surface area contributed by atoms with Crippen LogP contribution in [0, 0.1) is 0 Å². The highest BCUT2D eigenvalue weighted by Gasteiger charge is 2.48. The van der Waals surface area contributed by atoms with Crippen LogP contribution in [0.4, 0.5) is 8.78 Å². The number of piperidine rings is 1. The molecule has 0 aromatic carbocycles. The Hall–Kier alpha value is -1.04. The minimum Gasteiger partial charge on any atom is -0.300 e. The van der Waals surface area contributed by atoms with E-state index < -0.39 is 5.92 Å². The second-order valence-electron chi connectivity index (χ2n) is 6.46. The van der Waals surface area contributed by atoms with Gasteiger partial charge >= 0.3 is 0 Å². The number of rotatable bonds is 3. The highest BCUT2D eigenvalue weighted by atomic mass is 19.3. The summed E-state index contributed by atoms with van der Waals surface area (Å²) >= 11 is 0. The molecule has 2 fully saturated rings. The Kier molecular flexibility index (Phi) is 3.52. The molecule has 1 saturated heterocycles. The van der Waals surface area contributed by atoms with E-state index in [1.165, 1.54) is 0 Å². The van der Waals surface area contributed by atoms with E-state index in [-0.39, 0.29) is 18.9 Å². The first-order chi connectivity index (χ1) is 9.44. The van der Waals surface area contributed by atoms with E-state index in [2.05, 4.69) is 29.1 Å². The summed E-state index contributed by atoms with van der Waals surface area (Å²) in [6, 6.07) is 0.458. The maximum atomic E-state index is 12.9. The molecular weight excluding hydrogens is 262 g/mol. The third-order valence-electron chi connectivity index (χ3n) is 4.58. The van der Waals surface area contributed by atoms with Gasteiger partial charge in [0.2, 0.25) is 0 Å². The molecule has 0 atom stereocenters. The van der Waals surface area contributed by atoms with Gasteiger partial charge in [-0.25, -0.2) is 13.5 Å². The van der Waals surface area contributed by atoms with E-state index in [9.17, 15) is 8.78 Å². The molecule has 3 rings (SSSR count). The van der Waals surface area contributed by atoms with E-state index in [1.54, 1.807) is 0 Å². The average Bonchev–Trinajstić information content (AvgIpc) is 2.86. The molecule has 0 amide bonds. The Bertz CT molecular complexity index is 455. The molecule has 2 heterocycles. The van der Waals surface area contributed by atoms with Crippen LogP contribution < -0.4 is 0 Å². The number of hydrogen-bond acceptors (Lipinski definition) is 3. The third kappa shape index (κ3) is 2.71. The quantitative estimate of drug-likeness (QED) is 0.856. The van der Waals surface area contributed by atoms with Crippen molar-refractivity contribution >= 4 is 0 Å². The van der Waals surface area contributed by atoms with Crippen LogP contribution in [0.3, 0.4) is 0 Å². The molecule has 0 unspecified atom stereocenters. The molecule has 0 spiro atoms. The fourth-order valence-corrected chi connectivity index (χ4v) is 3.14. The average molecular weight is 284 g/mol. The Morgan fingerprint density at radius 2 is 1.85 bits per heavy atom. The normalized spacial score (nSPS) is 25.1. The smallest absolute Gasteiger partial charge is 0.251 e. The van der Waals surface area contributed by atoms with Gasteiger partial charge in [-0.15, -0.1) is 5.10 Å². The monoisotopic (exact) mass is 284 g/mol. The minimum absolute atomic E-state index is 0.0402. The molecule has 0 radical (unpaired) electrons. The predicted octanol–water partition coefficient (Wildman–Crippen LogP) is 2.84. The van der Waals surface area contributed by atoms with Crippen molar-refractivity contribution in [2.75, 3.05) is 13.1 Å². The third-order valence-corrected chi connectivity index (χ3v) is 4.58. The van der Waals surface area contributed by atoms with Crippen LogP contribution in [0.1, 0.15) is 57.2 Å². The number of aromatic nitrogens is 3. The van der Waals surface area contributed by atoms with Gasteiger partial charge in [0.1, 0.15) is 0 Å². The summed E-state index contributed by atoms with van der Waals surface area (Å²) in [6.07, 6.45) is 4.06. The Balaban J connectivity index is 1.53. The molecule has 0 N–H and O–H groups in total. The molecule has 112 valence electrons. The number of alkyl halides is 2. The summed E-state index contributed by atoms with van der Waals surface area (Å²) in [7, 11) is 0. The van der Waals surface area contributed by atoms with Crippen molar-refractivity contribution in [1.82, 2.24) is 19.9 Å². The minimum atomic E-state index is -2.42. The van der Waals surface area contributed by atoms with Crippen LogP contribution in [-0.4, -0.2) is 44.9 Å². The highest BCUT2D eigenvalue weighted by molar-refractivity contribution is 5.00. The van der Waals surface area contributed by atoms with Crippen LogP contribution in [0.15, 0.2) is 6.20 Å². The lowest BCUT2D eigenvalue weighted by molar-refractivity contribution is -0.128. The van der Waals surface area contributed by atoms with E-state index in [4.69, 9.17) is 0 Å². The van der Waals surface area contributed by atoms with Crippen molar-refractivity contribution in [1.29, 1.82) is 0 Å². The zero-order valence-electron chi connectivity index (χ0n) is 12.1. The Morgan fingerprint density at radius 3 is 2.35 bits per heavy atom. The largest absolute Gasteiger partial charge is 0.300 e. The van der Waals surface area contributed by atoms with E-state index in [0.717, 1.165) is 31.6 Å². The number of halogens is 2. The summed E-state index contributed by atoms with van der Waals surface area (Å²) in [4.78, 5) is 2.22. The summed E-state index contributed by atoms with van der Waals surface area (Å²) in [5.41, 5.74) is 1.02. The predicted molar refractivity (Wildman–Crippen MR) is 71.9 cm³/mol. The van der Waals surface area contributed by atoms with Gasteiger partial charge in [0.05, 0.1) is 11.7 Å². The zero-order chi connectivity index (χ0) is 14.3. The van der Waals surface area contributed by atoms with Crippen molar-refractivity contribution in [3.63, 3.8) is 0 Å². The van der Waals surface area contributed by atoms with Crippen LogP contribution in [-0.2, 0) is 0 Å². The molecule has 20 heavy (non-hydrogen) atoms. The van der Waals surface area contributed by atoms with Crippen LogP contribution >= 0.6 is 0 Å². The topological polar surface area (TPSA) is 34.0 Å².